The molecule has 0 N–H and O–H groups in total. The van der Waals surface area contributed by atoms with Gasteiger partial charge in [-0.15, -0.1) is 0 Å². The van der Waals surface area contributed by atoms with Crippen LogP contribution in [0.5, 0.6) is 0 Å². The molecule has 0 saturated carbocycles. The molecular weight excluding hydrogens is 226 g/mol. The predicted octanol–water partition coefficient (Wildman–Crippen LogP) is 2.10. The third-order valence-electron chi connectivity index (χ3n) is 2.79. The van der Waals surface area contributed by atoms with Crippen LogP contribution in [0.3, 0.4) is 0 Å². The van der Waals surface area contributed by atoms with Crippen LogP contribution >= 0.6 is 11.6 Å². The topological polar surface area (TPSA) is 39.4 Å². The van der Waals surface area contributed by atoms with E-state index in [1.54, 1.807) is 4.52 Å². The van der Waals surface area contributed by atoms with Crippen molar-refractivity contribution in [1.29, 1.82) is 0 Å². The van der Waals surface area contributed by atoms with E-state index in [1.165, 1.54) is 0 Å². The molecule has 4 nitrogen and oxygen atoms in total. The zero-order chi connectivity index (χ0) is 11.0. The molecule has 0 bridgehead atoms. The highest BCUT2D eigenvalue weighted by molar-refractivity contribution is 6.33. The molecule has 0 aliphatic carbocycles. The SMILES string of the molecule is Clc1cccn2nc(CC3CCCO3)nc12. The first-order valence-electron chi connectivity index (χ1n) is 5.44. The van der Waals surface area contributed by atoms with Gasteiger partial charge in [-0.25, -0.2) is 9.50 Å². The van der Waals surface area contributed by atoms with Gasteiger partial charge in [0, 0.05) is 19.2 Å². The second-order valence-electron chi connectivity index (χ2n) is 3.99. The van der Waals surface area contributed by atoms with Crippen LogP contribution in [0.1, 0.15) is 18.7 Å². The molecule has 1 aliphatic rings. The molecule has 2 aromatic heterocycles. The van der Waals surface area contributed by atoms with Gasteiger partial charge in [0.2, 0.25) is 0 Å². The molecule has 1 aliphatic heterocycles. The monoisotopic (exact) mass is 237 g/mol. The normalized spacial score (nSPS) is 20.7. The Morgan fingerprint density at radius 2 is 2.50 bits per heavy atom. The minimum absolute atomic E-state index is 0.274. The maximum absolute atomic E-state index is 6.03. The molecule has 16 heavy (non-hydrogen) atoms. The first-order chi connectivity index (χ1) is 7.83. The fourth-order valence-corrected chi connectivity index (χ4v) is 2.21. The van der Waals surface area contributed by atoms with Crippen LogP contribution < -0.4 is 0 Å². The first kappa shape index (κ1) is 10.1. The number of nitrogens with zero attached hydrogens (tertiary/aromatic N) is 3. The standard InChI is InChI=1S/C11H12ClN3O/c12-9-4-1-5-15-11(9)13-10(14-15)7-8-3-2-6-16-8/h1,4-5,8H,2-3,6-7H2. The fraction of sp³-hybridized carbons (Fsp3) is 0.455. The van der Waals surface area contributed by atoms with Gasteiger partial charge in [0.1, 0.15) is 0 Å². The molecule has 1 saturated heterocycles. The van der Waals surface area contributed by atoms with Crippen LogP contribution in [-0.2, 0) is 11.2 Å². The summed E-state index contributed by atoms with van der Waals surface area (Å²) in [6.45, 7) is 0.860. The molecular formula is C11H12ClN3O. The number of pyridine rings is 1. The number of aromatic nitrogens is 3. The molecule has 1 fully saturated rings. The summed E-state index contributed by atoms with van der Waals surface area (Å²) in [5.41, 5.74) is 0.720. The summed E-state index contributed by atoms with van der Waals surface area (Å²) in [5.74, 6) is 0.806. The van der Waals surface area contributed by atoms with Crippen LogP contribution in [0, 0.1) is 0 Å². The van der Waals surface area contributed by atoms with Gasteiger partial charge in [-0.05, 0) is 25.0 Å². The summed E-state index contributed by atoms with van der Waals surface area (Å²) in [7, 11) is 0. The molecule has 5 heteroatoms. The highest BCUT2D eigenvalue weighted by atomic mass is 35.5. The fourth-order valence-electron chi connectivity index (χ4n) is 2.01. The van der Waals surface area contributed by atoms with Crippen molar-refractivity contribution in [3.63, 3.8) is 0 Å². The van der Waals surface area contributed by atoms with Gasteiger partial charge in [0.25, 0.3) is 0 Å². The zero-order valence-corrected chi connectivity index (χ0v) is 9.52. The van der Waals surface area contributed by atoms with Crippen molar-refractivity contribution in [2.75, 3.05) is 6.61 Å². The Bertz CT molecular complexity index is 505. The molecule has 3 rings (SSSR count). The minimum atomic E-state index is 0.274. The van der Waals surface area contributed by atoms with Crippen LogP contribution in [0.15, 0.2) is 18.3 Å². The Hall–Kier alpha value is -1.13. The summed E-state index contributed by atoms with van der Waals surface area (Å²) in [6.07, 6.45) is 5.14. The van der Waals surface area contributed by atoms with Crippen molar-refractivity contribution < 1.29 is 4.74 Å². The summed E-state index contributed by atoms with van der Waals surface area (Å²) < 4.78 is 7.28. The highest BCUT2D eigenvalue weighted by Crippen LogP contribution is 2.18. The number of ether oxygens (including phenoxy) is 1. The Morgan fingerprint density at radius 3 is 3.25 bits per heavy atom. The van der Waals surface area contributed by atoms with Crippen molar-refractivity contribution >= 4 is 17.2 Å². The molecule has 1 unspecified atom stereocenters. The van der Waals surface area contributed by atoms with Crippen molar-refractivity contribution in [2.45, 2.75) is 25.4 Å². The number of halogens is 1. The summed E-state index contributed by atoms with van der Waals surface area (Å²) >= 11 is 6.03. The molecule has 0 radical (unpaired) electrons. The van der Waals surface area contributed by atoms with E-state index in [0.29, 0.717) is 5.02 Å². The largest absolute Gasteiger partial charge is 0.378 e. The lowest BCUT2D eigenvalue weighted by atomic mass is 10.2. The van der Waals surface area contributed by atoms with Crippen molar-refractivity contribution in [3.8, 4) is 0 Å². The van der Waals surface area contributed by atoms with Gasteiger partial charge < -0.3 is 4.74 Å². The minimum Gasteiger partial charge on any atom is -0.378 e. The van der Waals surface area contributed by atoms with E-state index >= 15 is 0 Å². The maximum atomic E-state index is 6.03. The lowest BCUT2D eigenvalue weighted by molar-refractivity contribution is 0.110. The van der Waals surface area contributed by atoms with Gasteiger partial charge in [-0.2, -0.15) is 5.10 Å². The molecule has 84 valence electrons. The van der Waals surface area contributed by atoms with Crippen LogP contribution in [0.2, 0.25) is 5.02 Å². The molecule has 2 aromatic rings. The number of hydrogen-bond acceptors (Lipinski definition) is 3. The Kier molecular flexibility index (Phi) is 2.53. The smallest absolute Gasteiger partial charge is 0.174 e. The summed E-state index contributed by atoms with van der Waals surface area (Å²) in [6, 6.07) is 3.68. The van der Waals surface area contributed by atoms with Gasteiger partial charge in [0.15, 0.2) is 11.5 Å². The average molecular weight is 238 g/mol. The van der Waals surface area contributed by atoms with E-state index in [0.717, 1.165) is 37.3 Å². The summed E-state index contributed by atoms with van der Waals surface area (Å²) in [5, 5.41) is 5.01. The summed E-state index contributed by atoms with van der Waals surface area (Å²) in [4.78, 5) is 4.42. The van der Waals surface area contributed by atoms with Crippen molar-refractivity contribution in [1.82, 2.24) is 14.6 Å². The molecule has 3 heterocycles. The van der Waals surface area contributed by atoms with Crippen LogP contribution in [0.4, 0.5) is 0 Å². The quantitative estimate of drug-likeness (QED) is 0.803. The van der Waals surface area contributed by atoms with Gasteiger partial charge in [0.05, 0.1) is 11.1 Å². The van der Waals surface area contributed by atoms with E-state index in [1.807, 2.05) is 18.3 Å². The van der Waals surface area contributed by atoms with Crippen molar-refractivity contribution in [3.05, 3.63) is 29.2 Å². The van der Waals surface area contributed by atoms with Gasteiger partial charge in [-0.1, -0.05) is 11.6 Å². The molecule has 0 aromatic carbocycles. The molecule has 0 spiro atoms. The lowest BCUT2D eigenvalue weighted by Crippen LogP contribution is -2.10. The van der Waals surface area contributed by atoms with Gasteiger partial charge >= 0.3 is 0 Å². The number of rotatable bonds is 2. The Morgan fingerprint density at radius 1 is 1.56 bits per heavy atom. The van der Waals surface area contributed by atoms with Gasteiger partial charge in [-0.3, -0.25) is 0 Å². The van der Waals surface area contributed by atoms with Crippen LogP contribution in [0.25, 0.3) is 5.65 Å². The third kappa shape index (κ3) is 1.79. The van der Waals surface area contributed by atoms with Crippen molar-refractivity contribution in [2.24, 2.45) is 0 Å². The third-order valence-corrected chi connectivity index (χ3v) is 3.09. The van der Waals surface area contributed by atoms with Crippen LogP contribution in [-0.4, -0.2) is 27.3 Å². The second kappa shape index (κ2) is 4.03. The van der Waals surface area contributed by atoms with E-state index in [9.17, 15) is 0 Å². The number of hydrogen-bond donors (Lipinski definition) is 0. The maximum Gasteiger partial charge on any atom is 0.174 e. The predicted molar refractivity (Wildman–Crippen MR) is 60.7 cm³/mol. The first-order valence-corrected chi connectivity index (χ1v) is 5.82. The second-order valence-corrected chi connectivity index (χ2v) is 4.40. The van der Waals surface area contributed by atoms with E-state index in [-0.39, 0.29) is 6.10 Å². The van der Waals surface area contributed by atoms with E-state index in [4.69, 9.17) is 16.3 Å². The Labute approximate surface area is 98.2 Å². The zero-order valence-electron chi connectivity index (χ0n) is 8.77. The van der Waals surface area contributed by atoms with E-state index < -0.39 is 0 Å². The molecule has 0 amide bonds. The lowest BCUT2D eigenvalue weighted by Gasteiger charge is -2.04. The number of fused-ring (bicyclic) bond motifs is 1. The Balaban J connectivity index is 1.90. The average Bonchev–Trinajstić information content (AvgIpc) is 2.88. The highest BCUT2D eigenvalue weighted by Gasteiger charge is 2.18. The van der Waals surface area contributed by atoms with E-state index in [2.05, 4.69) is 10.1 Å². The molecule has 1 atom stereocenters.